The van der Waals surface area contributed by atoms with Gasteiger partial charge in [0.25, 0.3) is 0 Å². The first-order chi connectivity index (χ1) is 10.8. The second-order valence-electron chi connectivity index (χ2n) is 8.18. The number of fused-ring (bicyclic) bond motifs is 1. The van der Waals surface area contributed by atoms with E-state index in [0.29, 0.717) is 22.5 Å². The molecule has 1 saturated carbocycles. The summed E-state index contributed by atoms with van der Waals surface area (Å²) in [5.41, 5.74) is 1.37. The van der Waals surface area contributed by atoms with Gasteiger partial charge < -0.3 is 0 Å². The topological polar surface area (TPSA) is 34.1 Å². The van der Waals surface area contributed by atoms with Gasteiger partial charge in [-0.15, -0.1) is 11.6 Å². The third kappa shape index (κ3) is 2.98. The SMILES string of the molecule is CC(C)(C)[C@H]1CC[C@H](C2C(=O)c3ccccc3C(=O)C2Cl)CC1. The van der Waals surface area contributed by atoms with Gasteiger partial charge in [0.05, 0.1) is 0 Å². The quantitative estimate of drug-likeness (QED) is 0.667. The monoisotopic (exact) mass is 332 g/mol. The van der Waals surface area contributed by atoms with Crippen LogP contribution in [0.2, 0.25) is 0 Å². The summed E-state index contributed by atoms with van der Waals surface area (Å²) in [7, 11) is 0. The van der Waals surface area contributed by atoms with Gasteiger partial charge in [0.2, 0.25) is 0 Å². The van der Waals surface area contributed by atoms with Crippen LogP contribution in [0.25, 0.3) is 0 Å². The predicted molar refractivity (Wildman–Crippen MR) is 93.1 cm³/mol. The largest absolute Gasteiger partial charge is 0.294 e. The van der Waals surface area contributed by atoms with Crippen LogP contribution in [-0.2, 0) is 0 Å². The third-order valence-corrected chi connectivity index (χ3v) is 6.30. The van der Waals surface area contributed by atoms with Crippen molar-refractivity contribution in [3.63, 3.8) is 0 Å². The number of hydrogen-bond donors (Lipinski definition) is 0. The Morgan fingerprint density at radius 3 is 1.96 bits per heavy atom. The van der Waals surface area contributed by atoms with E-state index in [1.165, 1.54) is 0 Å². The van der Waals surface area contributed by atoms with E-state index in [9.17, 15) is 9.59 Å². The van der Waals surface area contributed by atoms with Crippen LogP contribution < -0.4 is 0 Å². The average Bonchev–Trinajstić information content (AvgIpc) is 2.53. The molecule has 23 heavy (non-hydrogen) atoms. The van der Waals surface area contributed by atoms with E-state index < -0.39 is 5.38 Å². The lowest BCUT2D eigenvalue weighted by atomic mass is 9.64. The van der Waals surface area contributed by atoms with Crippen molar-refractivity contribution in [2.45, 2.75) is 51.8 Å². The first-order valence-corrected chi connectivity index (χ1v) is 9.06. The molecule has 0 spiro atoms. The number of hydrogen-bond acceptors (Lipinski definition) is 2. The Kier molecular flexibility index (Phi) is 4.39. The van der Waals surface area contributed by atoms with Gasteiger partial charge in [-0.2, -0.15) is 0 Å². The molecule has 1 aromatic carbocycles. The van der Waals surface area contributed by atoms with E-state index in [-0.39, 0.29) is 23.4 Å². The number of alkyl halides is 1. The molecule has 0 aliphatic heterocycles. The van der Waals surface area contributed by atoms with E-state index in [1.807, 2.05) is 6.07 Å². The van der Waals surface area contributed by atoms with Gasteiger partial charge in [-0.3, -0.25) is 9.59 Å². The number of Topliss-reactive ketones (excluding diaryl/α,β-unsaturated/α-hetero) is 2. The molecular formula is C20H25ClO2. The van der Waals surface area contributed by atoms with Crippen molar-refractivity contribution in [1.82, 2.24) is 0 Å². The lowest BCUT2D eigenvalue weighted by molar-refractivity contribution is 0.0695. The molecule has 3 heteroatoms. The summed E-state index contributed by atoms with van der Waals surface area (Å²) < 4.78 is 0. The van der Waals surface area contributed by atoms with Gasteiger partial charge >= 0.3 is 0 Å². The summed E-state index contributed by atoms with van der Waals surface area (Å²) in [6.45, 7) is 6.86. The van der Waals surface area contributed by atoms with Crippen LogP contribution in [0.1, 0.15) is 67.2 Å². The second kappa shape index (κ2) is 6.05. The molecule has 2 nitrogen and oxygen atoms in total. The average molecular weight is 333 g/mol. The molecule has 1 fully saturated rings. The molecule has 2 aliphatic carbocycles. The molecule has 2 atom stereocenters. The van der Waals surface area contributed by atoms with E-state index in [2.05, 4.69) is 20.8 Å². The maximum atomic E-state index is 12.9. The molecule has 0 saturated heterocycles. The van der Waals surface area contributed by atoms with Crippen LogP contribution in [0.3, 0.4) is 0 Å². The molecular weight excluding hydrogens is 308 g/mol. The summed E-state index contributed by atoms with van der Waals surface area (Å²) in [6, 6.07) is 7.11. The Morgan fingerprint density at radius 2 is 1.43 bits per heavy atom. The van der Waals surface area contributed by atoms with Crippen LogP contribution in [0, 0.1) is 23.2 Å². The predicted octanol–water partition coefficient (Wildman–Crippen LogP) is 5.14. The number of carbonyl (C=O) groups excluding carboxylic acids is 2. The van der Waals surface area contributed by atoms with Gasteiger partial charge in [0.1, 0.15) is 5.38 Å². The number of carbonyl (C=O) groups is 2. The van der Waals surface area contributed by atoms with Gasteiger partial charge in [-0.1, -0.05) is 45.0 Å². The molecule has 0 bridgehead atoms. The first kappa shape index (κ1) is 16.7. The van der Waals surface area contributed by atoms with Crippen molar-refractivity contribution in [1.29, 1.82) is 0 Å². The molecule has 1 aromatic rings. The van der Waals surface area contributed by atoms with E-state index in [4.69, 9.17) is 11.6 Å². The third-order valence-electron chi connectivity index (χ3n) is 5.83. The Morgan fingerprint density at radius 1 is 0.913 bits per heavy atom. The fourth-order valence-corrected chi connectivity index (χ4v) is 4.77. The lowest BCUT2D eigenvalue weighted by Gasteiger charge is -2.41. The summed E-state index contributed by atoms with van der Waals surface area (Å²) in [5.74, 6) is 0.569. The van der Waals surface area contributed by atoms with Crippen LogP contribution in [0.4, 0.5) is 0 Å². The smallest absolute Gasteiger partial charge is 0.182 e. The molecule has 0 aromatic heterocycles. The van der Waals surface area contributed by atoms with E-state index in [0.717, 1.165) is 25.7 Å². The van der Waals surface area contributed by atoms with E-state index in [1.54, 1.807) is 18.2 Å². The Bertz CT molecular complexity index is 621. The molecule has 0 heterocycles. The number of halogens is 1. The summed E-state index contributed by atoms with van der Waals surface area (Å²) in [5, 5.41) is -0.700. The summed E-state index contributed by atoms with van der Waals surface area (Å²) in [6.07, 6.45) is 4.24. The fraction of sp³-hybridized carbons (Fsp3) is 0.600. The molecule has 3 rings (SSSR count). The van der Waals surface area contributed by atoms with Crippen LogP contribution in [0.5, 0.6) is 0 Å². The Hall–Kier alpha value is -1.15. The van der Waals surface area contributed by atoms with Crippen LogP contribution >= 0.6 is 11.6 Å². The lowest BCUT2D eigenvalue weighted by Crippen LogP contribution is -2.43. The van der Waals surface area contributed by atoms with Crippen molar-refractivity contribution in [3.05, 3.63) is 35.4 Å². The highest BCUT2D eigenvalue weighted by Gasteiger charge is 2.45. The zero-order chi connectivity index (χ0) is 16.8. The van der Waals surface area contributed by atoms with Crippen molar-refractivity contribution < 1.29 is 9.59 Å². The summed E-state index contributed by atoms with van der Waals surface area (Å²) >= 11 is 6.44. The minimum Gasteiger partial charge on any atom is -0.294 e. The highest BCUT2D eigenvalue weighted by Crippen LogP contribution is 2.45. The zero-order valence-corrected chi connectivity index (χ0v) is 14.9. The molecule has 2 aliphatic rings. The minimum absolute atomic E-state index is 0.0689. The van der Waals surface area contributed by atoms with Gasteiger partial charge in [0.15, 0.2) is 11.6 Å². The van der Waals surface area contributed by atoms with Crippen LogP contribution in [-0.4, -0.2) is 16.9 Å². The zero-order valence-electron chi connectivity index (χ0n) is 14.1. The normalized spacial score (nSPS) is 31.8. The molecule has 0 amide bonds. The molecule has 0 radical (unpaired) electrons. The molecule has 2 unspecified atom stereocenters. The maximum absolute atomic E-state index is 12.9. The number of rotatable bonds is 1. The Balaban J connectivity index is 1.82. The Labute approximate surface area is 143 Å². The van der Waals surface area contributed by atoms with Crippen LogP contribution in [0.15, 0.2) is 24.3 Å². The maximum Gasteiger partial charge on any atom is 0.182 e. The molecule has 124 valence electrons. The first-order valence-electron chi connectivity index (χ1n) is 8.62. The van der Waals surface area contributed by atoms with Crippen molar-refractivity contribution in [2.75, 3.05) is 0 Å². The summed E-state index contributed by atoms with van der Waals surface area (Å²) in [4.78, 5) is 25.5. The number of ketones is 2. The van der Waals surface area contributed by atoms with Gasteiger partial charge in [-0.25, -0.2) is 0 Å². The minimum atomic E-state index is -0.700. The highest BCUT2D eigenvalue weighted by molar-refractivity contribution is 6.38. The standard InChI is InChI=1S/C20H25ClO2/c1-20(2,3)13-10-8-12(9-11-13)16-17(21)19(23)15-7-5-4-6-14(15)18(16)22/h4-7,12-13,16-17H,8-11H2,1-3H3/t12-,13-,16?,17?. The molecule has 0 N–H and O–H groups in total. The van der Waals surface area contributed by atoms with Gasteiger partial charge in [-0.05, 0) is 42.9 Å². The second-order valence-corrected chi connectivity index (χ2v) is 8.65. The number of benzene rings is 1. The van der Waals surface area contributed by atoms with Gasteiger partial charge in [0, 0.05) is 17.0 Å². The highest BCUT2D eigenvalue weighted by atomic mass is 35.5. The van der Waals surface area contributed by atoms with E-state index >= 15 is 0 Å². The van der Waals surface area contributed by atoms with Crippen molar-refractivity contribution in [3.8, 4) is 0 Å². The van der Waals surface area contributed by atoms with Crippen molar-refractivity contribution in [2.24, 2.45) is 23.2 Å². The van der Waals surface area contributed by atoms with Crippen molar-refractivity contribution >= 4 is 23.2 Å². The fourth-order valence-electron chi connectivity index (χ4n) is 4.33.